The Morgan fingerprint density at radius 3 is 2.32 bits per heavy atom. The maximum Gasteiger partial charge on any atom is 0.339 e. The molecular weight excluding hydrogens is 296 g/mol. The molecule has 1 fully saturated rings. The standard InChI is InChI=1S/C10H9ClN2O5S/c11-6-1-3-7(4-2-6)19(17,18)13-9(15)8(5-14)12-10(13)16/h1-4,8,14H,5H2,(H,12,16)/t8-/m0/s1. The number of aliphatic hydroxyl groups excluding tert-OH is 1. The SMILES string of the molecule is O=C1N[C@@H](CO)C(=O)N1S(=O)(=O)c1ccc(Cl)cc1. The van der Waals surface area contributed by atoms with Crippen molar-refractivity contribution in [3.63, 3.8) is 0 Å². The van der Waals surface area contributed by atoms with Gasteiger partial charge in [-0.25, -0.2) is 13.2 Å². The fourth-order valence-corrected chi connectivity index (χ4v) is 3.03. The molecule has 7 nitrogen and oxygen atoms in total. The largest absolute Gasteiger partial charge is 0.394 e. The molecule has 102 valence electrons. The number of carbonyl (C=O) groups excluding carboxylic acids is 2. The summed E-state index contributed by atoms with van der Waals surface area (Å²) in [5.74, 6) is -1.01. The second-order valence-electron chi connectivity index (χ2n) is 3.75. The quantitative estimate of drug-likeness (QED) is 0.761. The van der Waals surface area contributed by atoms with Crippen molar-refractivity contribution in [3.05, 3.63) is 29.3 Å². The molecule has 1 aromatic rings. The Labute approximate surface area is 113 Å². The Hall–Kier alpha value is -1.64. The minimum Gasteiger partial charge on any atom is -0.394 e. The Morgan fingerprint density at radius 1 is 1.26 bits per heavy atom. The summed E-state index contributed by atoms with van der Waals surface area (Å²) < 4.78 is 24.4. The number of hydrogen-bond acceptors (Lipinski definition) is 5. The summed E-state index contributed by atoms with van der Waals surface area (Å²) >= 11 is 5.64. The van der Waals surface area contributed by atoms with Gasteiger partial charge in [0.15, 0.2) is 0 Å². The molecule has 1 saturated heterocycles. The molecule has 0 unspecified atom stereocenters. The van der Waals surface area contributed by atoms with E-state index in [1.165, 1.54) is 24.3 Å². The number of carbonyl (C=O) groups is 2. The zero-order valence-electron chi connectivity index (χ0n) is 9.41. The van der Waals surface area contributed by atoms with Crippen LogP contribution >= 0.6 is 11.6 Å². The van der Waals surface area contributed by atoms with Gasteiger partial charge in [-0.05, 0) is 24.3 Å². The fourth-order valence-electron chi connectivity index (χ4n) is 1.57. The lowest BCUT2D eigenvalue weighted by molar-refractivity contribution is -0.124. The molecule has 0 aliphatic carbocycles. The Morgan fingerprint density at radius 2 is 1.84 bits per heavy atom. The summed E-state index contributed by atoms with van der Waals surface area (Å²) in [6.07, 6.45) is 0. The Bertz CT molecular complexity index is 628. The number of halogens is 1. The summed E-state index contributed by atoms with van der Waals surface area (Å²) in [5, 5.41) is 11.3. The minimum absolute atomic E-state index is 0.108. The van der Waals surface area contributed by atoms with E-state index in [0.717, 1.165) is 0 Å². The van der Waals surface area contributed by atoms with Crippen LogP contribution in [0.25, 0.3) is 0 Å². The summed E-state index contributed by atoms with van der Waals surface area (Å²) in [4.78, 5) is 23.0. The van der Waals surface area contributed by atoms with Gasteiger partial charge < -0.3 is 10.4 Å². The second-order valence-corrected chi connectivity index (χ2v) is 5.97. The summed E-state index contributed by atoms with van der Waals surface area (Å²) in [5.41, 5.74) is 0. The Balaban J connectivity index is 2.43. The van der Waals surface area contributed by atoms with Gasteiger partial charge in [-0.3, -0.25) is 4.79 Å². The van der Waals surface area contributed by atoms with Crippen LogP contribution in [0.3, 0.4) is 0 Å². The van der Waals surface area contributed by atoms with Crippen molar-refractivity contribution in [1.82, 2.24) is 9.62 Å². The molecule has 3 amide bonds. The first-order chi connectivity index (χ1) is 8.87. The van der Waals surface area contributed by atoms with E-state index in [1.54, 1.807) is 0 Å². The predicted octanol–water partition coefficient (Wildman–Crippen LogP) is -0.0586. The van der Waals surface area contributed by atoms with Crippen molar-refractivity contribution in [3.8, 4) is 0 Å². The van der Waals surface area contributed by atoms with Crippen LogP contribution in [-0.2, 0) is 14.8 Å². The molecule has 19 heavy (non-hydrogen) atoms. The average Bonchev–Trinajstić information content (AvgIpc) is 2.65. The summed E-state index contributed by atoms with van der Waals surface area (Å²) in [6.45, 7) is -0.669. The first-order valence-corrected chi connectivity index (χ1v) is 6.96. The molecule has 1 atom stereocenters. The Kier molecular flexibility index (Phi) is 3.48. The van der Waals surface area contributed by atoms with Crippen LogP contribution in [0.5, 0.6) is 0 Å². The van der Waals surface area contributed by atoms with E-state index >= 15 is 0 Å². The first kappa shape index (κ1) is 13.8. The van der Waals surface area contributed by atoms with Crippen molar-refractivity contribution >= 4 is 33.6 Å². The van der Waals surface area contributed by atoms with Crippen LogP contribution < -0.4 is 5.32 Å². The molecule has 9 heteroatoms. The van der Waals surface area contributed by atoms with E-state index in [1.807, 2.05) is 0 Å². The van der Waals surface area contributed by atoms with E-state index in [0.29, 0.717) is 5.02 Å². The smallest absolute Gasteiger partial charge is 0.339 e. The van der Waals surface area contributed by atoms with E-state index < -0.39 is 34.6 Å². The second kappa shape index (κ2) is 4.80. The van der Waals surface area contributed by atoms with E-state index in [9.17, 15) is 18.0 Å². The molecule has 2 N–H and O–H groups in total. The van der Waals surface area contributed by atoms with Crippen molar-refractivity contribution in [1.29, 1.82) is 0 Å². The van der Waals surface area contributed by atoms with E-state index in [2.05, 4.69) is 5.32 Å². The highest BCUT2D eigenvalue weighted by atomic mass is 35.5. The molecule has 0 bridgehead atoms. The maximum atomic E-state index is 12.1. The normalized spacial score (nSPS) is 19.7. The summed E-state index contributed by atoms with van der Waals surface area (Å²) in [7, 11) is -4.29. The van der Waals surface area contributed by atoms with Crippen molar-refractivity contribution < 1.29 is 23.1 Å². The van der Waals surface area contributed by atoms with Crippen LogP contribution in [0.2, 0.25) is 5.02 Å². The molecule has 0 spiro atoms. The first-order valence-electron chi connectivity index (χ1n) is 5.14. The van der Waals surface area contributed by atoms with Gasteiger partial charge in [0, 0.05) is 5.02 Å². The number of urea groups is 1. The number of sulfonamides is 1. The van der Waals surface area contributed by atoms with Crippen LogP contribution in [0.15, 0.2) is 29.2 Å². The van der Waals surface area contributed by atoms with Crippen LogP contribution in [0.1, 0.15) is 0 Å². The highest BCUT2D eigenvalue weighted by molar-refractivity contribution is 7.90. The van der Waals surface area contributed by atoms with Gasteiger partial charge in [0.2, 0.25) is 0 Å². The zero-order valence-corrected chi connectivity index (χ0v) is 11.0. The lowest BCUT2D eigenvalue weighted by Gasteiger charge is -2.13. The van der Waals surface area contributed by atoms with Crippen molar-refractivity contribution in [2.75, 3.05) is 6.61 Å². The van der Waals surface area contributed by atoms with Crippen molar-refractivity contribution in [2.24, 2.45) is 0 Å². The number of nitrogens with zero attached hydrogens (tertiary/aromatic N) is 1. The van der Waals surface area contributed by atoms with Gasteiger partial charge in [-0.2, -0.15) is 0 Å². The van der Waals surface area contributed by atoms with Gasteiger partial charge in [0.25, 0.3) is 15.9 Å². The highest BCUT2D eigenvalue weighted by Crippen LogP contribution is 2.21. The third-order valence-corrected chi connectivity index (χ3v) is 4.46. The third-order valence-electron chi connectivity index (χ3n) is 2.51. The van der Waals surface area contributed by atoms with Crippen LogP contribution in [0.4, 0.5) is 4.79 Å². The van der Waals surface area contributed by atoms with Gasteiger partial charge in [0.05, 0.1) is 11.5 Å². The minimum atomic E-state index is -4.29. The molecule has 1 aliphatic heterocycles. The molecule has 1 aliphatic rings. The number of imide groups is 1. The number of amides is 3. The maximum absolute atomic E-state index is 12.1. The number of benzene rings is 1. The number of rotatable bonds is 3. The molecular formula is C10H9ClN2O5S. The highest BCUT2D eigenvalue weighted by Gasteiger charge is 2.45. The monoisotopic (exact) mass is 304 g/mol. The molecule has 1 aromatic carbocycles. The third kappa shape index (κ3) is 2.29. The fraction of sp³-hybridized carbons (Fsp3) is 0.200. The van der Waals surface area contributed by atoms with E-state index in [-0.39, 0.29) is 9.20 Å². The van der Waals surface area contributed by atoms with Gasteiger partial charge in [-0.15, -0.1) is 4.31 Å². The molecule has 0 aromatic heterocycles. The number of aliphatic hydroxyl groups is 1. The van der Waals surface area contributed by atoms with Gasteiger partial charge in [-0.1, -0.05) is 11.6 Å². The van der Waals surface area contributed by atoms with Crippen molar-refractivity contribution in [2.45, 2.75) is 10.9 Å². The summed E-state index contributed by atoms with van der Waals surface area (Å²) in [6, 6.07) is 2.70. The van der Waals surface area contributed by atoms with E-state index in [4.69, 9.17) is 16.7 Å². The number of nitrogens with one attached hydrogen (secondary N) is 1. The van der Waals surface area contributed by atoms with Gasteiger partial charge in [0.1, 0.15) is 6.04 Å². The topological polar surface area (TPSA) is 104 Å². The molecule has 2 rings (SSSR count). The van der Waals surface area contributed by atoms with Crippen LogP contribution in [-0.4, -0.2) is 42.4 Å². The predicted molar refractivity (Wildman–Crippen MR) is 64.9 cm³/mol. The van der Waals surface area contributed by atoms with Gasteiger partial charge >= 0.3 is 6.03 Å². The zero-order chi connectivity index (χ0) is 14.2. The lowest BCUT2D eigenvalue weighted by atomic mass is 10.3. The van der Waals surface area contributed by atoms with Crippen LogP contribution in [0, 0.1) is 0 Å². The lowest BCUT2D eigenvalue weighted by Crippen LogP contribution is -2.37. The average molecular weight is 305 g/mol. The molecule has 1 heterocycles. The molecule has 0 saturated carbocycles. The number of hydrogen-bond donors (Lipinski definition) is 2. The molecule has 0 radical (unpaired) electrons.